The Labute approximate surface area is 96.2 Å². The van der Waals surface area contributed by atoms with Crippen molar-refractivity contribution in [2.24, 2.45) is 0 Å². The number of aromatic nitrogens is 1. The molecule has 80 valence electrons. The molecule has 1 aliphatic carbocycles. The second-order valence-corrected chi connectivity index (χ2v) is 4.16. The summed E-state index contributed by atoms with van der Waals surface area (Å²) in [7, 11) is 1.57. The van der Waals surface area contributed by atoms with Crippen molar-refractivity contribution in [1.82, 2.24) is 10.3 Å². The van der Waals surface area contributed by atoms with E-state index in [9.17, 15) is 4.79 Å². The molecule has 0 spiro atoms. The van der Waals surface area contributed by atoms with Gasteiger partial charge in [0, 0.05) is 13.2 Å². The Hall–Kier alpha value is -1.10. The molecule has 0 saturated heterocycles. The second kappa shape index (κ2) is 4.18. The van der Waals surface area contributed by atoms with E-state index in [1.54, 1.807) is 19.3 Å². The van der Waals surface area contributed by atoms with Gasteiger partial charge in [0.1, 0.15) is 11.4 Å². The van der Waals surface area contributed by atoms with Crippen molar-refractivity contribution in [3.8, 4) is 5.75 Å². The molecular formula is C10H11BrN2O2. The number of halogens is 1. The lowest BCUT2D eigenvalue weighted by Crippen LogP contribution is -2.20. The van der Waals surface area contributed by atoms with Crippen LogP contribution in [-0.4, -0.2) is 24.0 Å². The van der Waals surface area contributed by atoms with Gasteiger partial charge in [0.15, 0.2) is 0 Å². The lowest BCUT2D eigenvalue weighted by atomic mass is 10.3. The number of carbonyl (C=O) groups excluding carboxylic acids is 1. The van der Waals surface area contributed by atoms with E-state index in [2.05, 4.69) is 26.2 Å². The SMILES string of the molecule is CNC(=O)c1nccc(OC2CC2)c1Br. The van der Waals surface area contributed by atoms with Gasteiger partial charge in [-0.3, -0.25) is 4.79 Å². The average molecular weight is 271 g/mol. The molecule has 1 amide bonds. The van der Waals surface area contributed by atoms with Crippen molar-refractivity contribution in [2.45, 2.75) is 18.9 Å². The minimum absolute atomic E-state index is 0.219. The van der Waals surface area contributed by atoms with E-state index in [1.807, 2.05) is 0 Å². The predicted octanol–water partition coefficient (Wildman–Crippen LogP) is 1.74. The summed E-state index contributed by atoms with van der Waals surface area (Å²) in [6, 6.07) is 1.76. The summed E-state index contributed by atoms with van der Waals surface area (Å²) in [6.45, 7) is 0. The Balaban J connectivity index is 2.27. The molecule has 1 aromatic rings. The maximum absolute atomic E-state index is 11.4. The molecule has 0 aromatic carbocycles. The van der Waals surface area contributed by atoms with E-state index in [0.717, 1.165) is 12.8 Å². The number of amides is 1. The third-order valence-electron chi connectivity index (χ3n) is 2.11. The third kappa shape index (κ3) is 2.28. The first-order chi connectivity index (χ1) is 7.22. The summed E-state index contributed by atoms with van der Waals surface area (Å²) in [4.78, 5) is 15.4. The summed E-state index contributed by atoms with van der Waals surface area (Å²) in [6.07, 6.45) is 4.06. The van der Waals surface area contributed by atoms with Gasteiger partial charge in [-0.25, -0.2) is 4.98 Å². The molecule has 15 heavy (non-hydrogen) atoms. The standard InChI is InChI=1S/C10H11BrN2O2/c1-12-10(14)9-8(11)7(4-5-13-9)15-6-2-3-6/h4-6H,2-3H2,1H3,(H,12,14). The van der Waals surface area contributed by atoms with Crippen LogP contribution in [0.15, 0.2) is 16.7 Å². The number of ether oxygens (including phenoxy) is 1. The molecule has 1 aromatic heterocycles. The minimum Gasteiger partial charge on any atom is -0.489 e. The molecule has 1 heterocycles. The molecule has 2 rings (SSSR count). The highest BCUT2D eigenvalue weighted by molar-refractivity contribution is 9.10. The molecule has 0 bridgehead atoms. The fraction of sp³-hybridized carbons (Fsp3) is 0.400. The summed E-state index contributed by atoms with van der Waals surface area (Å²) < 4.78 is 6.25. The molecule has 1 N–H and O–H groups in total. The Bertz CT molecular complexity index is 391. The van der Waals surface area contributed by atoms with E-state index >= 15 is 0 Å². The monoisotopic (exact) mass is 270 g/mol. The molecule has 1 saturated carbocycles. The second-order valence-electron chi connectivity index (χ2n) is 3.37. The van der Waals surface area contributed by atoms with Crippen LogP contribution >= 0.6 is 15.9 Å². The highest BCUT2D eigenvalue weighted by atomic mass is 79.9. The van der Waals surface area contributed by atoms with E-state index in [1.165, 1.54) is 0 Å². The van der Waals surface area contributed by atoms with Crippen LogP contribution in [0.1, 0.15) is 23.3 Å². The number of nitrogens with zero attached hydrogens (tertiary/aromatic N) is 1. The van der Waals surface area contributed by atoms with Gasteiger partial charge >= 0.3 is 0 Å². The normalized spacial score (nSPS) is 14.8. The van der Waals surface area contributed by atoms with E-state index in [-0.39, 0.29) is 5.91 Å². The fourth-order valence-electron chi connectivity index (χ4n) is 1.16. The zero-order valence-electron chi connectivity index (χ0n) is 8.29. The highest BCUT2D eigenvalue weighted by Gasteiger charge is 2.25. The molecular weight excluding hydrogens is 260 g/mol. The number of pyridine rings is 1. The zero-order valence-corrected chi connectivity index (χ0v) is 9.87. The van der Waals surface area contributed by atoms with Gasteiger partial charge in [0.2, 0.25) is 0 Å². The lowest BCUT2D eigenvalue weighted by Gasteiger charge is -2.08. The maximum atomic E-state index is 11.4. The first kappa shape index (κ1) is 10.4. The van der Waals surface area contributed by atoms with Crippen molar-refractivity contribution in [1.29, 1.82) is 0 Å². The minimum atomic E-state index is -0.219. The quantitative estimate of drug-likeness (QED) is 0.911. The number of hydrogen-bond donors (Lipinski definition) is 1. The van der Waals surface area contributed by atoms with Crippen LogP contribution in [0, 0.1) is 0 Å². The van der Waals surface area contributed by atoms with Crippen LogP contribution in [0.3, 0.4) is 0 Å². The van der Waals surface area contributed by atoms with Gasteiger partial charge in [0.25, 0.3) is 5.91 Å². The van der Waals surface area contributed by atoms with Crippen LogP contribution in [-0.2, 0) is 0 Å². The topological polar surface area (TPSA) is 51.2 Å². The fourth-order valence-corrected chi connectivity index (χ4v) is 1.67. The molecule has 4 nitrogen and oxygen atoms in total. The van der Waals surface area contributed by atoms with E-state index in [0.29, 0.717) is 22.0 Å². The van der Waals surface area contributed by atoms with Crippen LogP contribution in [0.5, 0.6) is 5.75 Å². The van der Waals surface area contributed by atoms with Gasteiger partial charge in [0.05, 0.1) is 10.6 Å². The van der Waals surface area contributed by atoms with Crippen molar-refractivity contribution in [2.75, 3.05) is 7.05 Å². The van der Waals surface area contributed by atoms with Crippen LogP contribution in [0.25, 0.3) is 0 Å². The molecule has 1 fully saturated rings. The van der Waals surface area contributed by atoms with Crippen LogP contribution in [0.2, 0.25) is 0 Å². The number of hydrogen-bond acceptors (Lipinski definition) is 3. The molecule has 0 atom stereocenters. The predicted molar refractivity (Wildman–Crippen MR) is 59.0 cm³/mol. The highest BCUT2D eigenvalue weighted by Crippen LogP contribution is 2.33. The van der Waals surface area contributed by atoms with Gasteiger partial charge < -0.3 is 10.1 Å². The summed E-state index contributed by atoms with van der Waals surface area (Å²) in [5.41, 5.74) is 0.357. The molecule has 0 aliphatic heterocycles. The van der Waals surface area contributed by atoms with Crippen LogP contribution < -0.4 is 10.1 Å². The van der Waals surface area contributed by atoms with Gasteiger partial charge in [-0.1, -0.05) is 0 Å². The van der Waals surface area contributed by atoms with Gasteiger partial charge in [-0.15, -0.1) is 0 Å². The van der Waals surface area contributed by atoms with Gasteiger partial charge in [-0.2, -0.15) is 0 Å². The van der Waals surface area contributed by atoms with Crippen molar-refractivity contribution in [3.05, 3.63) is 22.4 Å². The largest absolute Gasteiger partial charge is 0.489 e. The lowest BCUT2D eigenvalue weighted by molar-refractivity contribution is 0.0956. The Morgan fingerprint density at radius 1 is 1.67 bits per heavy atom. The molecule has 1 aliphatic rings. The molecule has 5 heteroatoms. The van der Waals surface area contributed by atoms with E-state index in [4.69, 9.17) is 4.74 Å². The first-order valence-electron chi connectivity index (χ1n) is 4.75. The Kier molecular flexibility index (Phi) is 2.90. The molecule has 0 unspecified atom stereocenters. The smallest absolute Gasteiger partial charge is 0.270 e. The Morgan fingerprint density at radius 3 is 3.00 bits per heavy atom. The van der Waals surface area contributed by atoms with Crippen molar-refractivity contribution < 1.29 is 9.53 Å². The zero-order chi connectivity index (χ0) is 10.8. The number of carbonyl (C=O) groups is 1. The maximum Gasteiger partial charge on any atom is 0.270 e. The van der Waals surface area contributed by atoms with Gasteiger partial charge in [-0.05, 0) is 34.8 Å². The van der Waals surface area contributed by atoms with Crippen molar-refractivity contribution >= 4 is 21.8 Å². The molecule has 0 radical (unpaired) electrons. The summed E-state index contributed by atoms with van der Waals surface area (Å²) in [5, 5.41) is 2.53. The average Bonchev–Trinajstić information content (AvgIpc) is 3.04. The summed E-state index contributed by atoms with van der Waals surface area (Å²) in [5.74, 6) is 0.467. The Morgan fingerprint density at radius 2 is 2.40 bits per heavy atom. The van der Waals surface area contributed by atoms with Crippen LogP contribution in [0.4, 0.5) is 0 Å². The third-order valence-corrected chi connectivity index (χ3v) is 2.88. The summed E-state index contributed by atoms with van der Waals surface area (Å²) >= 11 is 3.33. The number of nitrogens with one attached hydrogen (secondary N) is 1. The van der Waals surface area contributed by atoms with E-state index < -0.39 is 0 Å². The first-order valence-corrected chi connectivity index (χ1v) is 5.55. The van der Waals surface area contributed by atoms with Crippen molar-refractivity contribution in [3.63, 3.8) is 0 Å². The number of rotatable bonds is 3.